The predicted molar refractivity (Wildman–Crippen MR) is 80.7 cm³/mol. The Kier molecular flexibility index (Phi) is 4.44. The van der Waals surface area contributed by atoms with Gasteiger partial charge in [0.25, 0.3) is 0 Å². The molecule has 0 aliphatic carbocycles. The van der Waals surface area contributed by atoms with Crippen LogP contribution in [0.2, 0.25) is 0 Å². The molecule has 1 amide bonds. The zero-order chi connectivity index (χ0) is 14.7. The molecule has 0 radical (unpaired) electrons. The molecule has 1 unspecified atom stereocenters. The van der Waals surface area contributed by atoms with Crippen molar-refractivity contribution in [2.45, 2.75) is 13.1 Å². The lowest BCUT2D eigenvalue weighted by Gasteiger charge is -2.33. The minimum absolute atomic E-state index is 0.0695. The van der Waals surface area contributed by atoms with E-state index >= 15 is 0 Å². The van der Waals surface area contributed by atoms with Gasteiger partial charge in [-0.2, -0.15) is 0 Å². The number of rotatable bonds is 4. The van der Waals surface area contributed by atoms with E-state index < -0.39 is 12.1 Å². The second-order valence-electron chi connectivity index (χ2n) is 4.54. The number of halogens is 2. The predicted octanol–water partition coefficient (Wildman–Crippen LogP) is 2.62. The van der Waals surface area contributed by atoms with E-state index in [1.54, 1.807) is 6.20 Å². The largest absolute Gasteiger partial charge is 0.368 e. The SMILES string of the molecule is Cc1ccccc1NC1C(F)=CC(Br)=CN1CC(N)=O. The summed E-state index contributed by atoms with van der Waals surface area (Å²) in [5.74, 6) is -0.906. The van der Waals surface area contributed by atoms with Crippen molar-refractivity contribution in [2.75, 3.05) is 11.9 Å². The molecule has 1 aromatic carbocycles. The van der Waals surface area contributed by atoms with Gasteiger partial charge in [-0.05, 0) is 40.6 Å². The molecule has 0 saturated heterocycles. The lowest BCUT2D eigenvalue weighted by Crippen LogP contribution is -2.44. The van der Waals surface area contributed by atoms with Crippen LogP contribution in [-0.4, -0.2) is 23.5 Å². The zero-order valence-electron chi connectivity index (χ0n) is 10.9. The number of para-hydroxylation sites is 1. The number of anilines is 1. The van der Waals surface area contributed by atoms with Gasteiger partial charge >= 0.3 is 0 Å². The van der Waals surface area contributed by atoms with Crippen LogP contribution in [0.1, 0.15) is 5.56 Å². The summed E-state index contributed by atoms with van der Waals surface area (Å²) in [5.41, 5.74) is 7.01. The summed E-state index contributed by atoms with van der Waals surface area (Å²) >= 11 is 3.21. The van der Waals surface area contributed by atoms with E-state index in [1.165, 1.54) is 11.0 Å². The summed E-state index contributed by atoms with van der Waals surface area (Å²) in [7, 11) is 0. The van der Waals surface area contributed by atoms with Crippen molar-refractivity contribution < 1.29 is 9.18 Å². The number of aryl methyl sites for hydroxylation is 1. The molecule has 1 aliphatic heterocycles. The van der Waals surface area contributed by atoms with Gasteiger partial charge in [0.1, 0.15) is 5.83 Å². The van der Waals surface area contributed by atoms with E-state index in [1.807, 2.05) is 31.2 Å². The van der Waals surface area contributed by atoms with Gasteiger partial charge in [-0.1, -0.05) is 18.2 Å². The topological polar surface area (TPSA) is 58.4 Å². The maximum absolute atomic E-state index is 14.2. The summed E-state index contributed by atoms with van der Waals surface area (Å²) in [6.07, 6.45) is 2.27. The monoisotopic (exact) mass is 339 g/mol. The van der Waals surface area contributed by atoms with Crippen LogP contribution >= 0.6 is 15.9 Å². The van der Waals surface area contributed by atoms with Crippen LogP contribution < -0.4 is 11.1 Å². The van der Waals surface area contributed by atoms with Gasteiger partial charge < -0.3 is 16.0 Å². The first-order valence-corrected chi connectivity index (χ1v) is 6.87. The number of nitrogens with zero attached hydrogens (tertiary/aromatic N) is 1. The van der Waals surface area contributed by atoms with Crippen LogP contribution in [-0.2, 0) is 4.79 Å². The Hall–Kier alpha value is -1.82. The average Bonchev–Trinajstić information content (AvgIpc) is 2.35. The van der Waals surface area contributed by atoms with Crippen LogP contribution in [0.5, 0.6) is 0 Å². The Morgan fingerprint density at radius 3 is 2.85 bits per heavy atom. The number of benzene rings is 1. The number of primary amides is 1. The van der Waals surface area contributed by atoms with E-state index in [0.717, 1.165) is 11.3 Å². The third-order valence-electron chi connectivity index (χ3n) is 2.93. The highest BCUT2D eigenvalue weighted by Crippen LogP contribution is 2.26. The van der Waals surface area contributed by atoms with Gasteiger partial charge in [-0.3, -0.25) is 4.79 Å². The molecule has 0 bridgehead atoms. The molecule has 0 fully saturated rings. The fourth-order valence-electron chi connectivity index (χ4n) is 1.99. The molecule has 3 N–H and O–H groups in total. The molecule has 2 rings (SSSR count). The van der Waals surface area contributed by atoms with Crippen molar-refractivity contribution >= 4 is 27.5 Å². The average molecular weight is 340 g/mol. The summed E-state index contributed by atoms with van der Waals surface area (Å²) < 4.78 is 14.7. The van der Waals surface area contributed by atoms with Crippen LogP contribution in [0, 0.1) is 6.92 Å². The van der Waals surface area contributed by atoms with Gasteiger partial charge in [0, 0.05) is 16.4 Å². The van der Waals surface area contributed by atoms with Crippen molar-refractivity contribution in [1.29, 1.82) is 0 Å². The van der Waals surface area contributed by atoms with E-state index in [9.17, 15) is 9.18 Å². The molecule has 0 aromatic heterocycles. The third kappa shape index (κ3) is 3.39. The number of carbonyl (C=O) groups excluding carboxylic acids is 1. The minimum atomic E-state index is -0.745. The Balaban J connectivity index is 2.25. The highest BCUT2D eigenvalue weighted by molar-refractivity contribution is 9.11. The van der Waals surface area contributed by atoms with E-state index in [2.05, 4.69) is 21.2 Å². The zero-order valence-corrected chi connectivity index (χ0v) is 12.5. The molecule has 0 spiro atoms. The minimum Gasteiger partial charge on any atom is -0.368 e. The van der Waals surface area contributed by atoms with Gasteiger partial charge in [0.2, 0.25) is 5.91 Å². The molecule has 1 heterocycles. The maximum atomic E-state index is 14.2. The van der Waals surface area contributed by atoms with Crippen LogP contribution in [0.15, 0.2) is 46.9 Å². The molecular weight excluding hydrogens is 325 g/mol. The first kappa shape index (κ1) is 14.6. The van der Waals surface area contributed by atoms with E-state index in [0.29, 0.717) is 4.48 Å². The number of carbonyl (C=O) groups is 1. The fourth-order valence-corrected chi connectivity index (χ4v) is 2.47. The van der Waals surface area contributed by atoms with Crippen LogP contribution in [0.3, 0.4) is 0 Å². The number of amides is 1. The maximum Gasteiger partial charge on any atom is 0.237 e. The first-order valence-electron chi connectivity index (χ1n) is 6.08. The lowest BCUT2D eigenvalue weighted by molar-refractivity contribution is -0.118. The Labute approximate surface area is 125 Å². The van der Waals surface area contributed by atoms with Crippen LogP contribution in [0.25, 0.3) is 0 Å². The summed E-state index contributed by atoms with van der Waals surface area (Å²) in [4.78, 5) is 12.6. The smallest absolute Gasteiger partial charge is 0.237 e. The number of hydrogen-bond acceptors (Lipinski definition) is 3. The van der Waals surface area contributed by atoms with Crippen molar-refractivity contribution in [1.82, 2.24) is 4.90 Å². The highest BCUT2D eigenvalue weighted by Gasteiger charge is 2.26. The molecule has 0 saturated carbocycles. The van der Waals surface area contributed by atoms with Crippen molar-refractivity contribution in [3.8, 4) is 0 Å². The van der Waals surface area contributed by atoms with Gasteiger partial charge in [-0.15, -0.1) is 0 Å². The van der Waals surface area contributed by atoms with Crippen molar-refractivity contribution in [3.63, 3.8) is 0 Å². The van der Waals surface area contributed by atoms with Gasteiger partial charge in [0.15, 0.2) is 6.17 Å². The molecule has 1 aromatic rings. The normalized spacial score (nSPS) is 18.4. The third-order valence-corrected chi connectivity index (χ3v) is 3.37. The number of allylic oxidation sites excluding steroid dienone is 2. The van der Waals surface area contributed by atoms with Gasteiger partial charge in [-0.25, -0.2) is 4.39 Å². The molecule has 4 nitrogen and oxygen atoms in total. The number of hydrogen-bond donors (Lipinski definition) is 2. The van der Waals surface area contributed by atoms with Crippen molar-refractivity contribution in [3.05, 3.63) is 52.4 Å². The summed E-state index contributed by atoms with van der Waals surface area (Å²) in [6, 6.07) is 7.56. The quantitative estimate of drug-likeness (QED) is 0.886. The fraction of sp³-hybridized carbons (Fsp3) is 0.214. The Morgan fingerprint density at radius 1 is 1.50 bits per heavy atom. The molecular formula is C14H15BrFN3O. The van der Waals surface area contributed by atoms with Gasteiger partial charge in [0.05, 0.1) is 6.54 Å². The number of nitrogens with two attached hydrogens (primary N) is 1. The second kappa shape index (κ2) is 6.09. The molecule has 1 aliphatic rings. The highest BCUT2D eigenvalue weighted by atomic mass is 79.9. The molecule has 106 valence electrons. The molecule has 1 atom stereocenters. The summed E-state index contributed by atoms with van der Waals surface area (Å²) in [5, 5.41) is 3.08. The Bertz CT molecular complexity index is 586. The lowest BCUT2D eigenvalue weighted by atomic mass is 10.2. The second-order valence-corrected chi connectivity index (χ2v) is 5.46. The molecule has 6 heteroatoms. The van der Waals surface area contributed by atoms with Crippen LogP contribution in [0.4, 0.5) is 10.1 Å². The Morgan fingerprint density at radius 2 is 2.20 bits per heavy atom. The van der Waals surface area contributed by atoms with Crippen molar-refractivity contribution in [2.24, 2.45) is 5.73 Å². The van der Waals surface area contributed by atoms with E-state index in [-0.39, 0.29) is 12.4 Å². The summed E-state index contributed by atoms with van der Waals surface area (Å²) in [6.45, 7) is 1.86. The van der Waals surface area contributed by atoms with E-state index in [4.69, 9.17) is 5.73 Å². The standard InChI is InChI=1S/C14H15BrFN3O/c1-9-4-2-3-5-12(9)18-14-11(16)6-10(15)7-19(14)8-13(17)20/h2-7,14,18H,8H2,1H3,(H2,17,20). The number of nitrogens with one attached hydrogen (secondary N) is 1. The molecule has 20 heavy (non-hydrogen) atoms. The first-order chi connectivity index (χ1) is 9.47.